The van der Waals surface area contributed by atoms with E-state index in [0.717, 1.165) is 4.90 Å². The second-order valence-electron chi connectivity index (χ2n) is 3.93. The molecule has 0 atom stereocenters. The lowest BCUT2D eigenvalue weighted by Gasteiger charge is -2.24. The molecular weight excluding hydrogens is 283 g/mol. The molecular formula is C11H15ClF3N3O. The topological polar surface area (TPSA) is 38.2 Å². The number of alkyl halides is 3. The maximum absolute atomic E-state index is 12.5. The number of halogens is 4. The highest BCUT2D eigenvalue weighted by molar-refractivity contribution is 6.29. The van der Waals surface area contributed by atoms with Crippen molar-refractivity contribution in [2.75, 3.05) is 25.1 Å². The van der Waals surface area contributed by atoms with Gasteiger partial charge in [0.15, 0.2) is 5.82 Å². The van der Waals surface area contributed by atoms with Gasteiger partial charge in [-0.05, 0) is 6.42 Å². The van der Waals surface area contributed by atoms with Gasteiger partial charge in [0.05, 0.1) is 0 Å². The summed E-state index contributed by atoms with van der Waals surface area (Å²) in [6.07, 6.45) is -3.73. The van der Waals surface area contributed by atoms with Gasteiger partial charge < -0.3 is 9.64 Å². The summed E-state index contributed by atoms with van der Waals surface area (Å²) in [4.78, 5) is 9.05. The minimum atomic E-state index is -4.30. The molecule has 0 aliphatic carbocycles. The third-order valence-corrected chi connectivity index (χ3v) is 2.38. The Morgan fingerprint density at radius 1 is 1.37 bits per heavy atom. The maximum Gasteiger partial charge on any atom is 0.405 e. The highest BCUT2D eigenvalue weighted by atomic mass is 35.5. The molecule has 0 saturated carbocycles. The molecule has 0 radical (unpaired) electrons. The summed E-state index contributed by atoms with van der Waals surface area (Å²) in [7, 11) is 1.45. The Bertz CT molecular complexity index is 415. The first-order valence-electron chi connectivity index (χ1n) is 5.69. The molecule has 0 aliphatic rings. The predicted molar refractivity (Wildman–Crippen MR) is 66.3 cm³/mol. The Morgan fingerprint density at radius 2 is 2.05 bits per heavy atom. The maximum atomic E-state index is 12.5. The van der Waals surface area contributed by atoms with Gasteiger partial charge in [-0.1, -0.05) is 18.5 Å². The molecule has 0 amide bonds. The van der Waals surface area contributed by atoms with Crippen molar-refractivity contribution in [3.05, 3.63) is 17.0 Å². The SMILES string of the molecule is CCCN(CC(F)(F)F)c1cc(Cl)nc(COC)n1. The van der Waals surface area contributed by atoms with Crippen molar-refractivity contribution in [3.8, 4) is 0 Å². The summed E-state index contributed by atoms with van der Waals surface area (Å²) < 4.78 is 42.4. The first kappa shape index (κ1) is 16.0. The van der Waals surface area contributed by atoms with Crippen LogP contribution in [0, 0.1) is 0 Å². The van der Waals surface area contributed by atoms with Crippen LogP contribution < -0.4 is 4.90 Å². The molecule has 0 aliphatic heterocycles. The normalized spacial score (nSPS) is 11.7. The average molecular weight is 298 g/mol. The van der Waals surface area contributed by atoms with Crippen LogP contribution in [0.25, 0.3) is 0 Å². The minimum absolute atomic E-state index is 0.0968. The number of rotatable bonds is 6. The molecule has 0 N–H and O–H groups in total. The molecule has 0 bridgehead atoms. The quantitative estimate of drug-likeness (QED) is 0.757. The number of hydrogen-bond acceptors (Lipinski definition) is 4. The molecule has 0 spiro atoms. The molecule has 1 rings (SSSR count). The molecule has 0 fully saturated rings. The zero-order valence-electron chi connectivity index (χ0n) is 10.7. The van der Waals surface area contributed by atoms with Gasteiger partial charge >= 0.3 is 6.18 Å². The van der Waals surface area contributed by atoms with E-state index in [0.29, 0.717) is 6.42 Å². The summed E-state index contributed by atoms with van der Waals surface area (Å²) in [5.74, 6) is 0.416. The van der Waals surface area contributed by atoms with E-state index < -0.39 is 12.7 Å². The molecule has 19 heavy (non-hydrogen) atoms. The van der Waals surface area contributed by atoms with Crippen LogP contribution in [0.15, 0.2) is 6.07 Å². The lowest BCUT2D eigenvalue weighted by atomic mass is 10.3. The standard InChI is InChI=1S/C11H15ClF3N3O/c1-3-4-18(7-11(13,14)15)10-5-8(12)16-9(17-10)6-19-2/h5H,3-4,6-7H2,1-2H3. The van der Waals surface area contributed by atoms with Gasteiger partial charge in [-0.3, -0.25) is 0 Å². The fourth-order valence-corrected chi connectivity index (χ4v) is 1.76. The molecule has 1 aromatic heterocycles. The van der Waals surface area contributed by atoms with E-state index in [9.17, 15) is 13.2 Å². The van der Waals surface area contributed by atoms with Crippen LogP contribution in [0.5, 0.6) is 0 Å². The molecule has 0 unspecified atom stereocenters. The van der Waals surface area contributed by atoms with Gasteiger partial charge in [0.25, 0.3) is 0 Å². The van der Waals surface area contributed by atoms with E-state index in [1.54, 1.807) is 6.92 Å². The Kier molecular flexibility index (Phi) is 5.81. The summed E-state index contributed by atoms with van der Waals surface area (Å²) >= 11 is 5.79. The fourth-order valence-electron chi connectivity index (χ4n) is 1.57. The molecule has 0 aromatic carbocycles. The second-order valence-corrected chi connectivity index (χ2v) is 4.32. The average Bonchev–Trinajstić information content (AvgIpc) is 2.26. The van der Waals surface area contributed by atoms with Crippen LogP contribution in [0.4, 0.5) is 19.0 Å². The molecule has 0 saturated heterocycles. The summed E-state index contributed by atoms with van der Waals surface area (Å²) in [6.45, 7) is 1.06. The largest absolute Gasteiger partial charge is 0.405 e. The smallest absolute Gasteiger partial charge is 0.377 e. The van der Waals surface area contributed by atoms with E-state index in [1.807, 2.05) is 0 Å². The second kappa shape index (κ2) is 6.91. The van der Waals surface area contributed by atoms with E-state index in [2.05, 4.69) is 9.97 Å². The van der Waals surface area contributed by atoms with E-state index in [1.165, 1.54) is 13.2 Å². The van der Waals surface area contributed by atoms with Crippen LogP contribution in [-0.2, 0) is 11.3 Å². The van der Waals surface area contributed by atoms with E-state index >= 15 is 0 Å². The summed E-state index contributed by atoms with van der Waals surface area (Å²) in [5.41, 5.74) is 0. The number of nitrogens with zero attached hydrogens (tertiary/aromatic N) is 3. The number of anilines is 1. The van der Waals surface area contributed by atoms with Gasteiger partial charge in [-0.15, -0.1) is 0 Å². The number of hydrogen-bond donors (Lipinski definition) is 0. The Balaban J connectivity index is 3.00. The van der Waals surface area contributed by atoms with Crippen molar-refractivity contribution in [3.63, 3.8) is 0 Å². The monoisotopic (exact) mass is 297 g/mol. The number of methoxy groups -OCH3 is 1. The molecule has 4 nitrogen and oxygen atoms in total. The third-order valence-electron chi connectivity index (χ3n) is 2.19. The van der Waals surface area contributed by atoms with Crippen molar-refractivity contribution in [2.24, 2.45) is 0 Å². The van der Waals surface area contributed by atoms with Crippen LogP contribution in [0.3, 0.4) is 0 Å². The third kappa shape index (κ3) is 5.61. The van der Waals surface area contributed by atoms with E-state index in [4.69, 9.17) is 16.3 Å². The van der Waals surface area contributed by atoms with Gasteiger partial charge in [0.1, 0.15) is 24.1 Å². The van der Waals surface area contributed by atoms with Crippen LogP contribution >= 0.6 is 11.6 Å². The number of ether oxygens (including phenoxy) is 1. The van der Waals surface area contributed by atoms with Gasteiger partial charge in [0.2, 0.25) is 0 Å². The summed E-state index contributed by atoms with van der Waals surface area (Å²) in [6, 6.07) is 1.32. The fraction of sp³-hybridized carbons (Fsp3) is 0.636. The van der Waals surface area contributed by atoms with E-state index in [-0.39, 0.29) is 29.9 Å². The predicted octanol–water partition coefficient (Wildman–Crippen LogP) is 3.06. The van der Waals surface area contributed by atoms with Gasteiger partial charge in [-0.2, -0.15) is 13.2 Å². The lowest BCUT2D eigenvalue weighted by Crippen LogP contribution is -2.35. The van der Waals surface area contributed by atoms with Crippen LogP contribution in [-0.4, -0.2) is 36.3 Å². The Labute approximate surface area is 114 Å². The zero-order chi connectivity index (χ0) is 14.5. The molecule has 1 heterocycles. The Morgan fingerprint density at radius 3 is 2.58 bits per heavy atom. The Hall–Kier alpha value is -1.08. The minimum Gasteiger partial charge on any atom is -0.377 e. The van der Waals surface area contributed by atoms with Crippen molar-refractivity contribution < 1.29 is 17.9 Å². The lowest BCUT2D eigenvalue weighted by molar-refractivity contribution is -0.119. The van der Waals surface area contributed by atoms with Crippen molar-refractivity contribution >= 4 is 17.4 Å². The van der Waals surface area contributed by atoms with Gasteiger partial charge in [0, 0.05) is 19.7 Å². The van der Waals surface area contributed by atoms with Crippen molar-refractivity contribution in [1.82, 2.24) is 9.97 Å². The first-order chi connectivity index (χ1) is 8.85. The highest BCUT2D eigenvalue weighted by Crippen LogP contribution is 2.23. The van der Waals surface area contributed by atoms with Gasteiger partial charge in [-0.25, -0.2) is 9.97 Å². The van der Waals surface area contributed by atoms with Crippen LogP contribution in [0.2, 0.25) is 5.15 Å². The highest BCUT2D eigenvalue weighted by Gasteiger charge is 2.31. The first-order valence-corrected chi connectivity index (χ1v) is 6.07. The molecule has 8 heteroatoms. The molecule has 108 valence electrons. The summed E-state index contributed by atoms with van der Waals surface area (Å²) in [5, 5.41) is 0.0975. The van der Waals surface area contributed by atoms with Crippen molar-refractivity contribution in [1.29, 1.82) is 0 Å². The van der Waals surface area contributed by atoms with Crippen molar-refractivity contribution in [2.45, 2.75) is 26.1 Å². The molecule has 1 aromatic rings. The van der Waals surface area contributed by atoms with Crippen LogP contribution in [0.1, 0.15) is 19.2 Å². The zero-order valence-corrected chi connectivity index (χ0v) is 11.4. The number of aromatic nitrogens is 2.